The monoisotopic (exact) mass is 168 g/mol. The standard InChI is InChI=1S/C9H8O.ClH/c1-2-6-9-8(4-1)5-3-7-10-9;/h1-4,6-7H,5H2;1H. The Labute approximate surface area is 72.1 Å². The molecule has 0 atom stereocenters. The molecule has 1 aromatic rings. The zero-order chi connectivity index (χ0) is 6.81. The third-order valence-electron chi connectivity index (χ3n) is 1.60. The van der Waals surface area contributed by atoms with Gasteiger partial charge in [0.05, 0.1) is 6.26 Å². The summed E-state index contributed by atoms with van der Waals surface area (Å²) >= 11 is 0. The Kier molecular flexibility index (Phi) is 2.55. The van der Waals surface area contributed by atoms with Crippen LogP contribution in [0.2, 0.25) is 0 Å². The predicted molar refractivity (Wildman–Crippen MR) is 47.2 cm³/mol. The van der Waals surface area contributed by atoms with E-state index in [0.29, 0.717) is 0 Å². The van der Waals surface area contributed by atoms with E-state index >= 15 is 0 Å². The van der Waals surface area contributed by atoms with Crippen molar-refractivity contribution >= 4 is 12.4 Å². The Morgan fingerprint density at radius 2 is 2.00 bits per heavy atom. The number of benzene rings is 1. The highest BCUT2D eigenvalue weighted by Gasteiger charge is 2.02. The minimum absolute atomic E-state index is 0. The normalized spacial score (nSPS) is 12.7. The van der Waals surface area contributed by atoms with Gasteiger partial charge in [0.25, 0.3) is 0 Å². The number of para-hydroxylation sites is 1. The average Bonchev–Trinajstić information content (AvgIpc) is 2.05. The molecule has 1 aliphatic heterocycles. The van der Waals surface area contributed by atoms with E-state index in [1.54, 1.807) is 6.26 Å². The second kappa shape index (κ2) is 3.44. The molecule has 2 rings (SSSR count). The molecule has 0 fully saturated rings. The molecular weight excluding hydrogens is 160 g/mol. The summed E-state index contributed by atoms with van der Waals surface area (Å²) < 4.78 is 5.24. The molecular formula is C9H9ClO. The number of halogens is 1. The highest BCUT2D eigenvalue weighted by molar-refractivity contribution is 5.85. The summed E-state index contributed by atoms with van der Waals surface area (Å²) in [6.07, 6.45) is 4.75. The Bertz CT molecular complexity index is 241. The quantitative estimate of drug-likeness (QED) is 0.579. The van der Waals surface area contributed by atoms with E-state index in [-0.39, 0.29) is 12.4 Å². The first-order valence-electron chi connectivity index (χ1n) is 3.36. The number of fused-ring (bicyclic) bond motifs is 1. The van der Waals surface area contributed by atoms with Crippen LogP contribution in [0.25, 0.3) is 0 Å². The van der Waals surface area contributed by atoms with Crippen LogP contribution in [0.5, 0.6) is 5.75 Å². The molecule has 58 valence electrons. The van der Waals surface area contributed by atoms with Gasteiger partial charge in [-0.3, -0.25) is 0 Å². The van der Waals surface area contributed by atoms with Crippen LogP contribution in [0.4, 0.5) is 0 Å². The maximum Gasteiger partial charge on any atom is 0.130 e. The number of rotatable bonds is 0. The molecule has 11 heavy (non-hydrogen) atoms. The highest BCUT2D eigenvalue weighted by Crippen LogP contribution is 2.21. The van der Waals surface area contributed by atoms with Gasteiger partial charge in [0.15, 0.2) is 0 Å². The van der Waals surface area contributed by atoms with Crippen molar-refractivity contribution in [2.45, 2.75) is 6.42 Å². The number of ether oxygens (including phenoxy) is 1. The van der Waals surface area contributed by atoms with Crippen LogP contribution in [-0.2, 0) is 6.42 Å². The molecule has 0 aromatic heterocycles. The van der Waals surface area contributed by atoms with Crippen molar-refractivity contribution in [2.24, 2.45) is 0 Å². The van der Waals surface area contributed by atoms with Gasteiger partial charge in [-0.15, -0.1) is 12.4 Å². The summed E-state index contributed by atoms with van der Waals surface area (Å²) in [4.78, 5) is 0. The van der Waals surface area contributed by atoms with Crippen LogP contribution < -0.4 is 4.74 Å². The first-order valence-corrected chi connectivity index (χ1v) is 3.36. The fourth-order valence-electron chi connectivity index (χ4n) is 1.08. The van der Waals surface area contributed by atoms with Gasteiger partial charge in [-0.1, -0.05) is 18.2 Å². The van der Waals surface area contributed by atoms with Gasteiger partial charge in [0.2, 0.25) is 0 Å². The van der Waals surface area contributed by atoms with E-state index in [4.69, 9.17) is 4.74 Å². The molecule has 0 N–H and O–H groups in total. The lowest BCUT2D eigenvalue weighted by molar-refractivity contribution is 0.464. The summed E-state index contributed by atoms with van der Waals surface area (Å²) in [7, 11) is 0. The van der Waals surface area contributed by atoms with Crippen LogP contribution in [0, 0.1) is 0 Å². The lowest BCUT2D eigenvalue weighted by Gasteiger charge is -2.09. The van der Waals surface area contributed by atoms with Gasteiger partial charge < -0.3 is 4.74 Å². The number of hydrogen-bond acceptors (Lipinski definition) is 1. The molecule has 0 amide bonds. The van der Waals surface area contributed by atoms with Crippen molar-refractivity contribution in [1.29, 1.82) is 0 Å². The largest absolute Gasteiger partial charge is 0.465 e. The van der Waals surface area contributed by atoms with Crippen molar-refractivity contribution in [1.82, 2.24) is 0 Å². The predicted octanol–water partition coefficient (Wildman–Crippen LogP) is 2.56. The van der Waals surface area contributed by atoms with Crippen LogP contribution in [-0.4, -0.2) is 0 Å². The first kappa shape index (κ1) is 8.15. The second-order valence-electron chi connectivity index (χ2n) is 2.30. The van der Waals surface area contributed by atoms with E-state index in [1.165, 1.54) is 5.56 Å². The van der Waals surface area contributed by atoms with Crippen molar-refractivity contribution in [3.8, 4) is 5.75 Å². The van der Waals surface area contributed by atoms with E-state index in [2.05, 4.69) is 6.07 Å². The summed E-state index contributed by atoms with van der Waals surface area (Å²) in [6, 6.07) is 8.08. The molecule has 1 nitrogen and oxygen atoms in total. The van der Waals surface area contributed by atoms with Crippen LogP contribution in [0.3, 0.4) is 0 Å². The lowest BCUT2D eigenvalue weighted by atomic mass is 10.1. The highest BCUT2D eigenvalue weighted by atomic mass is 35.5. The second-order valence-corrected chi connectivity index (χ2v) is 2.30. The van der Waals surface area contributed by atoms with E-state index in [9.17, 15) is 0 Å². The Balaban J connectivity index is 0.000000605. The fourth-order valence-corrected chi connectivity index (χ4v) is 1.08. The van der Waals surface area contributed by atoms with Gasteiger partial charge in [-0.05, 0) is 24.1 Å². The Morgan fingerprint density at radius 1 is 1.18 bits per heavy atom. The number of allylic oxidation sites excluding steroid dienone is 1. The molecule has 0 saturated heterocycles. The third kappa shape index (κ3) is 1.55. The molecule has 0 unspecified atom stereocenters. The summed E-state index contributed by atoms with van der Waals surface area (Å²) in [6.45, 7) is 0. The summed E-state index contributed by atoms with van der Waals surface area (Å²) in [5.41, 5.74) is 1.27. The third-order valence-corrected chi connectivity index (χ3v) is 1.60. The van der Waals surface area contributed by atoms with Crippen LogP contribution >= 0.6 is 12.4 Å². The Morgan fingerprint density at radius 3 is 2.82 bits per heavy atom. The van der Waals surface area contributed by atoms with Gasteiger partial charge in [-0.25, -0.2) is 0 Å². The van der Waals surface area contributed by atoms with Crippen molar-refractivity contribution in [3.63, 3.8) is 0 Å². The molecule has 0 radical (unpaired) electrons. The molecule has 2 heteroatoms. The zero-order valence-corrected chi connectivity index (χ0v) is 6.80. The van der Waals surface area contributed by atoms with Gasteiger partial charge in [0.1, 0.15) is 5.75 Å². The van der Waals surface area contributed by atoms with Gasteiger partial charge in [-0.2, -0.15) is 0 Å². The van der Waals surface area contributed by atoms with E-state index in [0.717, 1.165) is 12.2 Å². The summed E-state index contributed by atoms with van der Waals surface area (Å²) in [5, 5.41) is 0. The van der Waals surface area contributed by atoms with Crippen LogP contribution in [0.15, 0.2) is 36.6 Å². The summed E-state index contributed by atoms with van der Waals surface area (Å²) in [5.74, 6) is 0.991. The molecule has 1 aromatic carbocycles. The van der Waals surface area contributed by atoms with E-state index in [1.807, 2.05) is 24.3 Å². The Hall–Kier alpha value is -0.950. The first-order chi connectivity index (χ1) is 4.97. The fraction of sp³-hybridized carbons (Fsp3) is 0.111. The van der Waals surface area contributed by atoms with Crippen molar-refractivity contribution < 1.29 is 4.74 Å². The van der Waals surface area contributed by atoms with Gasteiger partial charge >= 0.3 is 0 Å². The minimum Gasteiger partial charge on any atom is -0.465 e. The molecule has 0 aliphatic carbocycles. The van der Waals surface area contributed by atoms with Crippen molar-refractivity contribution in [3.05, 3.63) is 42.2 Å². The molecule has 0 spiro atoms. The molecule has 1 heterocycles. The molecule has 0 saturated carbocycles. The molecule has 1 aliphatic rings. The lowest BCUT2D eigenvalue weighted by Crippen LogP contribution is -1.94. The number of hydrogen-bond donors (Lipinski definition) is 0. The maximum absolute atomic E-state index is 5.24. The zero-order valence-electron chi connectivity index (χ0n) is 5.99. The van der Waals surface area contributed by atoms with Crippen LogP contribution in [0.1, 0.15) is 5.56 Å². The smallest absolute Gasteiger partial charge is 0.130 e. The molecule has 0 bridgehead atoms. The maximum atomic E-state index is 5.24. The minimum atomic E-state index is 0. The average molecular weight is 169 g/mol. The topological polar surface area (TPSA) is 9.23 Å². The van der Waals surface area contributed by atoms with Crippen molar-refractivity contribution in [2.75, 3.05) is 0 Å². The SMILES string of the molecule is C1=COc2ccccc2C1.Cl. The van der Waals surface area contributed by atoms with E-state index < -0.39 is 0 Å². The van der Waals surface area contributed by atoms with Gasteiger partial charge in [0, 0.05) is 0 Å².